The van der Waals surface area contributed by atoms with Crippen molar-refractivity contribution in [3.63, 3.8) is 0 Å². The summed E-state index contributed by atoms with van der Waals surface area (Å²) in [6, 6.07) is 17.9. The summed E-state index contributed by atoms with van der Waals surface area (Å²) in [5, 5.41) is 17.0. The molecular formula is C28H22N4O8. The molecule has 5 aromatic rings. The molecule has 0 aliphatic heterocycles. The maximum Gasteiger partial charge on any atom is 0.346 e. The molecule has 0 unspecified atom stereocenters. The summed E-state index contributed by atoms with van der Waals surface area (Å²) in [7, 11) is 2.72. The number of aromatic nitrogens is 2. The Morgan fingerprint density at radius 2 is 1.88 bits per heavy atom. The zero-order valence-electron chi connectivity index (χ0n) is 21.6. The predicted molar refractivity (Wildman–Crippen MR) is 146 cm³/mol. The molecule has 0 radical (unpaired) electrons. The van der Waals surface area contributed by atoms with Gasteiger partial charge in [-0.05, 0) is 43.3 Å². The fourth-order valence-electron chi connectivity index (χ4n) is 4.14. The zero-order chi connectivity index (χ0) is 28.4. The summed E-state index contributed by atoms with van der Waals surface area (Å²) in [5.74, 6) is -0.0308. The largest absolute Gasteiger partial charge is 0.496 e. The Morgan fingerprint density at radius 3 is 2.62 bits per heavy atom. The Labute approximate surface area is 226 Å². The number of nitrogens with zero attached hydrogens (tertiary/aromatic N) is 4. The summed E-state index contributed by atoms with van der Waals surface area (Å²) >= 11 is 0. The van der Waals surface area contributed by atoms with Gasteiger partial charge in [-0.1, -0.05) is 24.3 Å². The van der Waals surface area contributed by atoms with E-state index in [2.05, 4.69) is 14.8 Å². The first kappa shape index (κ1) is 26.1. The van der Waals surface area contributed by atoms with Crippen molar-refractivity contribution in [3.05, 3.63) is 92.8 Å². The molecule has 0 bridgehead atoms. The maximum absolute atomic E-state index is 13.6. The normalized spacial score (nSPS) is 12.1. The highest BCUT2D eigenvalue weighted by Gasteiger charge is 2.24. The van der Waals surface area contributed by atoms with E-state index in [1.165, 1.54) is 45.6 Å². The topological polar surface area (TPSA) is 148 Å². The third-order valence-corrected chi connectivity index (χ3v) is 6.08. The van der Waals surface area contributed by atoms with Crippen molar-refractivity contribution in [3.8, 4) is 23.1 Å². The highest BCUT2D eigenvalue weighted by atomic mass is 16.6. The number of nitro benzene ring substituents is 1. The lowest BCUT2D eigenvalue weighted by molar-refractivity contribution is -0.386. The van der Waals surface area contributed by atoms with E-state index >= 15 is 0 Å². The van der Waals surface area contributed by atoms with Crippen molar-refractivity contribution < 1.29 is 28.3 Å². The molecule has 12 nitrogen and oxygen atoms in total. The van der Waals surface area contributed by atoms with Gasteiger partial charge in [0.25, 0.3) is 5.56 Å². The fourth-order valence-corrected chi connectivity index (χ4v) is 4.14. The molecule has 2 heterocycles. The number of esters is 1. The molecule has 202 valence electrons. The molecule has 1 atom stereocenters. The maximum atomic E-state index is 13.6. The number of rotatable bonds is 8. The fraction of sp³-hybridized carbons (Fsp3) is 0.143. The summed E-state index contributed by atoms with van der Waals surface area (Å²) < 4.78 is 22.8. The minimum absolute atomic E-state index is 0.0917. The Kier molecular flexibility index (Phi) is 6.98. The van der Waals surface area contributed by atoms with Gasteiger partial charge in [-0.25, -0.2) is 9.78 Å². The second-order valence-corrected chi connectivity index (χ2v) is 8.53. The third-order valence-electron chi connectivity index (χ3n) is 6.08. The Balaban J connectivity index is 1.70. The van der Waals surface area contributed by atoms with E-state index in [0.717, 1.165) is 4.68 Å². The van der Waals surface area contributed by atoms with Gasteiger partial charge in [0, 0.05) is 11.6 Å². The Morgan fingerprint density at radius 1 is 1.10 bits per heavy atom. The Bertz CT molecular complexity index is 1860. The lowest BCUT2D eigenvalue weighted by Gasteiger charge is -2.14. The highest BCUT2D eigenvalue weighted by molar-refractivity contribution is 5.89. The molecule has 0 saturated carbocycles. The molecule has 0 fully saturated rings. The van der Waals surface area contributed by atoms with Crippen LogP contribution < -0.4 is 15.0 Å². The smallest absolute Gasteiger partial charge is 0.346 e. The first-order valence-corrected chi connectivity index (χ1v) is 12.0. The van der Waals surface area contributed by atoms with E-state index < -0.39 is 28.2 Å². The quantitative estimate of drug-likeness (QED) is 0.119. The van der Waals surface area contributed by atoms with Gasteiger partial charge in [0.1, 0.15) is 11.3 Å². The second-order valence-electron chi connectivity index (χ2n) is 8.53. The number of carbonyl (C=O) groups excluding carboxylic acids is 1. The number of ether oxygens (including phenoxy) is 3. The van der Waals surface area contributed by atoms with Crippen LogP contribution in [0.3, 0.4) is 0 Å². The molecule has 5 rings (SSSR count). The van der Waals surface area contributed by atoms with Crippen LogP contribution in [0.2, 0.25) is 0 Å². The first-order valence-electron chi connectivity index (χ1n) is 12.0. The molecule has 12 heteroatoms. The van der Waals surface area contributed by atoms with Crippen LogP contribution in [-0.2, 0) is 9.53 Å². The summed E-state index contributed by atoms with van der Waals surface area (Å²) in [5.41, 5.74) is 0.182. The third kappa shape index (κ3) is 4.73. The van der Waals surface area contributed by atoms with E-state index in [9.17, 15) is 19.7 Å². The van der Waals surface area contributed by atoms with Crippen molar-refractivity contribution in [2.75, 3.05) is 14.2 Å². The molecular weight excluding hydrogens is 520 g/mol. The van der Waals surface area contributed by atoms with Crippen LogP contribution >= 0.6 is 0 Å². The standard InChI is InChI=1S/C28H22N4O8/c1-16(28(34)38-3)39-25-17(8-6-11-21(25)32(35)36)15-29-31-26(30-20-10-5-4-9-18(20)27(31)33)24-14-19-22(37-2)12-7-13-23(19)40-24/h4-16H,1-3H3/t16-/m1/s1. The van der Waals surface area contributed by atoms with Gasteiger partial charge < -0.3 is 18.6 Å². The summed E-state index contributed by atoms with van der Waals surface area (Å²) in [4.78, 5) is 41.3. The Hall–Kier alpha value is -5.52. The van der Waals surface area contributed by atoms with E-state index in [0.29, 0.717) is 27.6 Å². The monoisotopic (exact) mass is 542 g/mol. The zero-order valence-corrected chi connectivity index (χ0v) is 21.6. The van der Waals surface area contributed by atoms with Crippen LogP contribution in [0.1, 0.15) is 12.5 Å². The van der Waals surface area contributed by atoms with E-state index in [-0.39, 0.29) is 22.9 Å². The first-order chi connectivity index (χ1) is 19.3. The number of para-hydroxylation sites is 2. The molecule has 0 amide bonds. The molecule has 0 aliphatic carbocycles. The van der Waals surface area contributed by atoms with Crippen molar-refractivity contribution in [2.24, 2.45) is 5.10 Å². The van der Waals surface area contributed by atoms with Crippen molar-refractivity contribution in [1.29, 1.82) is 0 Å². The molecule has 40 heavy (non-hydrogen) atoms. The SMILES string of the molecule is COC(=O)[C@@H](C)Oc1c(C=Nn2c(-c3cc4c(OC)cccc4o3)nc3ccccc3c2=O)cccc1[N+](=O)[O-]. The number of furan rings is 1. The van der Waals surface area contributed by atoms with Gasteiger partial charge in [0.2, 0.25) is 11.6 Å². The number of nitro groups is 1. The molecule has 2 aromatic heterocycles. The number of carbonyl (C=O) groups is 1. The number of fused-ring (bicyclic) bond motifs is 2. The molecule has 0 aliphatic rings. The van der Waals surface area contributed by atoms with Gasteiger partial charge >= 0.3 is 11.7 Å². The average molecular weight is 543 g/mol. The molecule has 0 spiro atoms. The van der Waals surface area contributed by atoms with Gasteiger partial charge in [0.05, 0.1) is 41.6 Å². The van der Waals surface area contributed by atoms with E-state index in [1.54, 1.807) is 48.5 Å². The van der Waals surface area contributed by atoms with Crippen LogP contribution in [0.25, 0.3) is 33.5 Å². The highest BCUT2D eigenvalue weighted by Crippen LogP contribution is 2.34. The van der Waals surface area contributed by atoms with Crippen molar-refractivity contribution in [1.82, 2.24) is 9.66 Å². The van der Waals surface area contributed by atoms with Gasteiger partial charge in [-0.15, -0.1) is 0 Å². The van der Waals surface area contributed by atoms with E-state index in [4.69, 9.17) is 13.9 Å². The lowest BCUT2D eigenvalue weighted by atomic mass is 10.2. The van der Waals surface area contributed by atoms with Crippen LogP contribution in [0.4, 0.5) is 5.69 Å². The molecule has 0 saturated heterocycles. The molecule has 3 aromatic carbocycles. The average Bonchev–Trinajstić information content (AvgIpc) is 3.41. The van der Waals surface area contributed by atoms with E-state index in [1.807, 2.05) is 0 Å². The van der Waals surface area contributed by atoms with Crippen molar-refractivity contribution >= 4 is 39.7 Å². The van der Waals surface area contributed by atoms with Crippen LogP contribution in [-0.4, -0.2) is 47.1 Å². The minimum Gasteiger partial charge on any atom is -0.496 e. The number of hydrogen-bond donors (Lipinski definition) is 0. The van der Waals surface area contributed by atoms with Gasteiger partial charge in [-0.3, -0.25) is 14.9 Å². The summed E-state index contributed by atoms with van der Waals surface area (Å²) in [6.45, 7) is 1.40. The number of benzene rings is 3. The lowest BCUT2D eigenvalue weighted by Crippen LogP contribution is -2.25. The van der Waals surface area contributed by atoms with Crippen LogP contribution in [0.15, 0.2) is 81.0 Å². The van der Waals surface area contributed by atoms with Crippen LogP contribution in [0, 0.1) is 10.1 Å². The van der Waals surface area contributed by atoms with Crippen LogP contribution in [0.5, 0.6) is 11.5 Å². The second kappa shape index (κ2) is 10.7. The number of methoxy groups -OCH3 is 2. The van der Waals surface area contributed by atoms with Crippen molar-refractivity contribution in [2.45, 2.75) is 13.0 Å². The molecule has 0 N–H and O–H groups in total. The van der Waals surface area contributed by atoms with Gasteiger partial charge in [-0.2, -0.15) is 9.78 Å². The number of hydrogen-bond acceptors (Lipinski definition) is 10. The summed E-state index contributed by atoms with van der Waals surface area (Å²) in [6.07, 6.45) is 0.0705. The predicted octanol–water partition coefficient (Wildman–Crippen LogP) is 4.55. The van der Waals surface area contributed by atoms with Gasteiger partial charge in [0.15, 0.2) is 11.9 Å². The minimum atomic E-state index is -1.15.